The number of hydrogen-bond acceptors (Lipinski definition) is 6. The zero-order valence-electron chi connectivity index (χ0n) is 22.6. The van der Waals surface area contributed by atoms with Crippen molar-refractivity contribution in [2.24, 2.45) is 0 Å². The highest BCUT2D eigenvalue weighted by Crippen LogP contribution is 2.22. The predicted octanol–water partition coefficient (Wildman–Crippen LogP) is 5.13. The van der Waals surface area contributed by atoms with Gasteiger partial charge in [-0.1, -0.05) is 68.9 Å². The fourth-order valence-corrected chi connectivity index (χ4v) is 4.48. The summed E-state index contributed by atoms with van der Waals surface area (Å²) in [7, 11) is 0. The molecular weight excluding hydrogens is 474 g/mol. The van der Waals surface area contributed by atoms with Crippen molar-refractivity contribution in [2.45, 2.75) is 115 Å². The number of amides is 2. The van der Waals surface area contributed by atoms with Gasteiger partial charge in [0, 0.05) is 12.1 Å². The van der Waals surface area contributed by atoms with Crippen LogP contribution in [0.25, 0.3) is 0 Å². The molecule has 0 radical (unpaired) electrons. The van der Waals surface area contributed by atoms with Crippen molar-refractivity contribution in [3.05, 3.63) is 35.9 Å². The number of aliphatic carboxylic acids is 1. The molecule has 1 aromatic carbocycles. The first kappa shape index (κ1) is 30.4. The molecule has 2 amide bonds. The van der Waals surface area contributed by atoms with Crippen LogP contribution >= 0.6 is 0 Å². The SMILES string of the molecule is C1CCC(NC2CCCCC2)CC1.CC(C)(C)OC(=O)NC[C@H](NC(=O)OCc1ccccc1)C(=O)O. The first-order valence-electron chi connectivity index (χ1n) is 13.6. The number of carboxylic acids is 1. The second-order valence-electron chi connectivity index (χ2n) is 10.8. The molecule has 0 heterocycles. The monoisotopic (exact) mass is 519 g/mol. The zero-order chi connectivity index (χ0) is 27.1. The van der Waals surface area contributed by atoms with E-state index in [1.165, 1.54) is 64.2 Å². The summed E-state index contributed by atoms with van der Waals surface area (Å²) in [5.41, 5.74) is 0.0663. The summed E-state index contributed by atoms with van der Waals surface area (Å²) in [5, 5.41) is 17.4. The van der Waals surface area contributed by atoms with Gasteiger partial charge >= 0.3 is 18.2 Å². The van der Waals surface area contributed by atoms with E-state index in [1.54, 1.807) is 45.0 Å². The average Bonchev–Trinajstić information content (AvgIpc) is 2.86. The lowest BCUT2D eigenvalue weighted by molar-refractivity contribution is -0.139. The summed E-state index contributed by atoms with van der Waals surface area (Å²) < 4.78 is 9.93. The van der Waals surface area contributed by atoms with Crippen LogP contribution in [-0.4, -0.2) is 53.5 Å². The first-order chi connectivity index (χ1) is 17.6. The molecule has 2 fully saturated rings. The zero-order valence-corrected chi connectivity index (χ0v) is 22.6. The van der Waals surface area contributed by atoms with Gasteiger partial charge in [-0.05, 0) is 52.0 Å². The fraction of sp³-hybridized carbons (Fsp3) is 0.679. The fourth-order valence-electron chi connectivity index (χ4n) is 4.48. The Morgan fingerprint density at radius 3 is 1.92 bits per heavy atom. The molecule has 0 aromatic heterocycles. The minimum absolute atomic E-state index is 0.0124. The minimum Gasteiger partial charge on any atom is -0.480 e. The summed E-state index contributed by atoms with van der Waals surface area (Å²) >= 11 is 0. The van der Waals surface area contributed by atoms with Gasteiger partial charge in [-0.3, -0.25) is 0 Å². The standard InChI is InChI=1S/C16H22N2O6.C12H23N/c1-16(2,3)24-14(21)17-9-12(13(19)20)18-15(22)23-10-11-7-5-4-6-8-11;1-3-7-11(8-4-1)13-12-9-5-2-6-10-12/h4-8,12H,9-10H2,1-3H3,(H,17,21)(H,18,22)(H,19,20);11-13H,1-10H2/t12-;/m0./s1. The number of benzene rings is 1. The second-order valence-corrected chi connectivity index (χ2v) is 10.8. The van der Waals surface area contributed by atoms with E-state index in [0.29, 0.717) is 0 Å². The Labute approximate surface area is 221 Å². The third-order valence-electron chi connectivity index (χ3n) is 6.33. The molecule has 0 spiro atoms. The predicted molar refractivity (Wildman–Crippen MR) is 142 cm³/mol. The molecule has 0 saturated heterocycles. The highest BCUT2D eigenvalue weighted by Gasteiger charge is 2.23. The highest BCUT2D eigenvalue weighted by molar-refractivity contribution is 5.81. The van der Waals surface area contributed by atoms with Crippen LogP contribution in [0.1, 0.15) is 90.5 Å². The topological polar surface area (TPSA) is 126 Å². The summed E-state index contributed by atoms with van der Waals surface area (Å²) in [6.07, 6.45) is 12.9. The van der Waals surface area contributed by atoms with Crippen molar-refractivity contribution < 1.29 is 29.0 Å². The Morgan fingerprint density at radius 1 is 0.892 bits per heavy atom. The number of hydrogen-bond donors (Lipinski definition) is 4. The second kappa shape index (κ2) is 16.1. The minimum atomic E-state index is -1.33. The van der Waals surface area contributed by atoms with Crippen molar-refractivity contribution in [3.8, 4) is 0 Å². The smallest absolute Gasteiger partial charge is 0.408 e. The van der Waals surface area contributed by atoms with E-state index in [-0.39, 0.29) is 13.2 Å². The largest absolute Gasteiger partial charge is 0.480 e. The molecule has 0 unspecified atom stereocenters. The third kappa shape index (κ3) is 13.9. The van der Waals surface area contributed by atoms with Crippen LogP contribution in [0.5, 0.6) is 0 Å². The van der Waals surface area contributed by atoms with E-state index < -0.39 is 29.8 Å². The molecule has 1 atom stereocenters. The molecule has 2 saturated carbocycles. The number of rotatable bonds is 8. The highest BCUT2D eigenvalue weighted by atomic mass is 16.6. The summed E-state index contributed by atoms with van der Waals surface area (Å²) in [4.78, 5) is 34.3. The Bertz CT molecular complexity index is 799. The number of alkyl carbamates (subject to hydrolysis) is 2. The molecule has 9 nitrogen and oxygen atoms in total. The van der Waals surface area contributed by atoms with Crippen LogP contribution in [0, 0.1) is 0 Å². The van der Waals surface area contributed by atoms with E-state index in [2.05, 4.69) is 16.0 Å². The number of ether oxygens (including phenoxy) is 2. The molecule has 1 aromatic rings. The van der Waals surface area contributed by atoms with Crippen molar-refractivity contribution in [1.29, 1.82) is 0 Å². The lowest BCUT2D eigenvalue weighted by atomic mass is 9.91. The van der Waals surface area contributed by atoms with Crippen LogP contribution in [-0.2, 0) is 20.9 Å². The quantitative estimate of drug-likeness (QED) is 0.375. The Hall–Kier alpha value is -2.81. The number of carbonyl (C=O) groups excluding carboxylic acids is 2. The first-order valence-corrected chi connectivity index (χ1v) is 13.6. The van der Waals surface area contributed by atoms with Gasteiger partial charge < -0.3 is 30.5 Å². The molecule has 0 bridgehead atoms. The third-order valence-corrected chi connectivity index (χ3v) is 6.33. The lowest BCUT2D eigenvalue weighted by Gasteiger charge is -2.30. The Morgan fingerprint density at radius 2 is 1.43 bits per heavy atom. The maximum Gasteiger partial charge on any atom is 0.408 e. The van der Waals surface area contributed by atoms with Crippen LogP contribution in [0.15, 0.2) is 30.3 Å². The number of carbonyl (C=O) groups is 3. The molecule has 3 rings (SSSR count). The average molecular weight is 520 g/mol. The van der Waals surface area contributed by atoms with Gasteiger partial charge in [-0.25, -0.2) is 14.4 Å². The van der Waals surface area contributed by atoms with Gasteiger partial charge in [0.1, 0.15) is 18.2 Å². The normalized spacial score (nSPS) is 17.5. The van der Waals surface area contributed by atoms with Crippen molar-refractivity contribution in [3.63, 3.8) is 0 Å². The Kier molecular flexibility index (Phi) is 13.3. The molecule has 2 aliphatic carbocycles. The van der Waals surface area contributed by atoms with Gasteiger partial charge in [-0.2, -0.15) is 0 Å². The van der Waals surface area contributed by atoms with Crippen LogP contribution in [0.3, 0.4) is 0 Å². The molecular formula is C28H45N3O6. The number of carboxylic acid groups (broad SMARTS) is 1. The lowest BCUT2D eigenvalue weighted by Crippen LogP contribution is -2.49. The summed E-state index contributed by atoms with van der Waals surface area (Å²) in [5.74, 6) is -1.30. The van der Waals surface area contributed by atoms with Crippen molar-refractivity contribution in [2.75, 3.05) is 6.54 Å². The van der Waals surface area contributed by atoms with Crippen LogP contribution < -0.4 is 16.0 Å². The molecule has 37 heavy (non-hydrogen) atoms. The maximum absolute atomic E-state index is 11.7. The van der Waals surface area contributed by atoms with E-state index in [0.717, 1.165) is 17.6 Å². The maximum atomic E-state index is 11.7. The molecule has 2 aliphatic rings. The molecule has 0 aliphatic heterocycles. The van der Waals surface area contributed by atoms with Crippen LogP contribution in [0.2, 0.25) is 0 Å². The molecule has 208 valence electrons. The van der Waals surface area contributed by atoms with Gasteiger partial charge in [-0.15, -0.1) is 0 Å². The molecule has 9 heteroatoms. The van der Waals surface area contributed by atoms with E-state index in [1.807, 2.05) is 6.07 Å². The Balaban J connectivity index is 0.000000308. The molecule has 4 N–H and O–H groups in total. The van der Waals surface area contributed by atoms with E-state index in [4.69, 9.17) is 14.6 Å². The van der Waals surface area contributed by atoms with Crippen molar-refractivity contribution in [1.82, 2.24) is 16.0 Å². The van der Waals surface area contributed by atoms with Gasteiger partial charge in [0.15, 0.2) is 0 Å². The van der Waals surface area contributed by atoms with E-state index in [9.17, 15) is 14.4 Å². The van der Waals surface area contributed by atoms with Gasteiger partial charge in [0.05, 0.1) is 6.54 Å². The number of nitrogens with one attached hydrogen (secondary N) is 3. The summed E-state index contributed by atoms with van der Waals surface area (Å²) in [6, 6.07) is 9.36. The van der Waals surface area contributed by atoms with E-state index >= 15 is 0 Å². The van der Waals surface area contributed by atoms with Crippen molar-refractivity contribution >= 4 is 18.2 Å². The summed E-state index contributed by atoms with van der Waals surface area (Å²) in [6.45, 7) is 4.73. The van der Waals surface area contributed by atoms with Gasteiger partial charge in [0.2, 0.25) is 0 Å². The van der Waals surface area contributed by atoms with Crippen LogP contribution in [0.4, 0.5) is 9.59 Å². The van der Waals surface area contributed by atoms with Gasteiger partial charge in [0.25, 0.3) is 0 Å².